The molecule has 4 rings (SSSR count). The van der Waals surface area contributed by atoms with Crippen molar-refractivity contribution in [3.05, 3.63) is 42.5 Å². The van der Waals surface area contributed by atoms with Gasteiger partial charge in [-0.15, -0.1) is 0 Å². The lowest BCUT2D eigenvalue weighted by Gasteiger charge is -2.34. The van der Waals surface area contributed by atoms with E-state index in [1.807, 2.05) is 37.5 Å². The predicted octanol–water partition coefficient (Wildman–Crippen LogP) is 2.68. The molecule has 4 heterocycles. The van der Waals surface area contributed by atoms with Crippen molar-refractivity contribution in [2.24, 2.45) is 11.8 Å². The highest BCUT2D eigenvalue weighted by molar-refractivity contribution is 5.49. The Morgan fingerprint density at radius 2 is 1.89 bits per heavy atom. The van der Waals surface area contributed by atoms with Gasteiger partial charge < -0.3 is 9.80 Å². The van der Waals surface area contributed by atoms with Crippen LogP contribution in [0.3, 0.4) is 0 Å². The average molecular weight is 367 g/mol. The molecule has 6 heteroatoms. The topological polar surface area (TPSA) is 48.4 Å². The van der Waals surface area contributed by atoms with Crippen molar-refractivity contribution < 1.29 is 0 Å². The maximum Gasteiger partial charge on any atom is 0.134 e. The first-order valence-corrected chi connectivity index (χ1v) is 10.0. The van der Waals surface area contributed by atoms with Crippen molar-refractivity contribution in [1.29, 1.82) is 0 Å². The first-order chi connectivity index (χ1) is 13.2. The van der Waals surface area contributed by atoms with Crippen molar-refractivity contribution in [3.63, 3.8) is 0 Å². The number of nitrogens with zero attached hydrogens (tertiary/aromatic N) is 6. The van der Waals surface area contributed by atoms with E-state index in [1.54, 1.807) is 6.33 Å². The van der Waals surface area contributed by atoms with Gasteiger partial charge in [-0.05, 0) is 55.8 Å². The van der Waals surface area contributed by atoms with Gasteiger partial charge in [0.25, 0.3) is 0 Å². The predicted molar refractivity (Wildman–Crippen MR) is 109 cm³/mol. The Morgan fingerprint density at radius 1 is 1.07 bits per heavy atom. The van der Waals surface area contributed by atoms with Gasteiger partial charge in [0, 0.05) is 52.2 Å². The molecule has 144 valence electrons. The summed E-state index contributed by atoms with van der Waals surface area (Å²) >= 11 is 0. The maximum absolute atomic E-state index is 4.52. The molecule has 6 nitrogen and oxygen atoms in total. The van der Waals surface area contributed by atoms with Crippen LogP contribution >= 0.6 is 0 Å². The molecular weight excluding hydrogens is 336 g/mol. The van der Waals surface area contributed by atoms with Crippen LogP contribution in [0.2, 0.25) is 0 Å². The summed E-state index contributed by atoms with van der Waals surface area (Å²) in [7, 11) is 4.05. The average Bonchev–Trinajstić information content (AvgIpc) is 3.20. The lowest BCUT2D eigenvalue weighted by Crippen LogP contribution is -2.36. The minimum absolute atomic E-state index is 0.795. The van der Waals surface area contributed by atoms with Crippen LogP contribution in [-0.2, 0) is 6.54 Å². The zero-order valence-electron chi connectivity index (χ0n) is 16.5. The summed E-state index contributed by atoms with van der Waals surface area (Å²) in [4.78, 5) is 20.2. The first kappa shape index (κ1) is 18.2. The lowest BCUT2D eigenvalue weighted by atomic mass is 9.83. The van der Waals surface area contributed by atoms with Gasteiger partial charge in [0.1, 0.15) is 18.0 Å². The van der Waals surface area contributed by atoms with Gasteiger partial charge in [0.15, 0.2) is 0 Å². The van der Waals surface area contributed by atoms with Crippen LogP contribution in [0.5, 0.6) is 0 Å². The van der Waals surface area contributed by atoms with Crippen molar-refractivity contribution in [1.82, 2.24) is 19.9 Å². The van der Waals surface area contributed by atoms with Crippen LogP contribution < -0.4 is 9.80 Å². The third-order valence-electron chi connectivity index (χ3n) is 6.07. The summed E-state index contributed by atoms with van der Waals surface area (Å²) in [6.07, 6.45) is 9.44. The minimum atomic E-state index is 0.795. The van der Waals surface area contributed by atoms with Gasteiger partial charge in [-0.3, -0.25) is 9.88 Å². The Balaban J connectivity index is 1.29. The number of hydrogen-bond acceptors (Lipinski definition) is 6. The second kappa shape index (κ2) is 8.21. The molecule has 2 aliphatic heterocycles. The summed E-state index contributed by atoms with van der Waals surface area (Å²) in [6.45, 7) is 5.69. The smallest absolute Gasteiger partial charge is 0.134 e. The van der Waals surface area contributed by atoms with E-state index in [1.165, 1.54) is 37.9 Å². The molecule has 2 aromatic heterocycles. The molecule has 2 aliphatic rings. The lowest BCUT2D eigenvalue weighted by molar-refractivity contribution is 0.147. The number of aromatic nitrogens is 3. The van der Waals surface area contributed by atoms with Crippen LogP contribution in [-0.4, -0.2) is 60.1 Å². The second-order valence-corrected chi connectivity index (χ2v) is 8.10. The number of likely N-dealkylation sites (tertiary alicyclic amines) is 1. The molecule has 2 aromatic rings. The highest BCUT2D eigenvalue weighted by Crippen LogP contribution is 2.34. The van der Waals surface area contributed by atoms with Crippen LogP contribution in [0.1, 0.15) is 24.8 Å². The standard InChI is InChI=1S/C21H30N6/c1-25(2)20-12-21(24-16-23-20)27-11-7-19(15-27)18-5-9-26(10-6-18)14-17-4-3-8-22-13-17/h3-4,8,12-13,16,18-19H,5-7,9-11,14-15H2,1-2H3. The van der Waals surface area contributed by atoms with E-state index in [0.717, 1.165) is 43.1 Å². The van der Waals surface area contributed by atoms with Crippen molar-refractivity contribution in [2.45, 2.75) is 25.8 Å². The molecule has 1 atom stereocenters. The summed E-state index contributed by atoms with van der Waals surface area (Å²) in [6, 6.07) is 6.32. The van der Waals surface area contributed by atoms with E-state index < -0.39 is 0 Å². The Labute approximate surface area is 162 Å². The molecule has 2 fully saturated rings. The molecule has 27 heavy (non-hydrogen) atoms. The Kier molecular flexibility index (Phi) is 5.53. The third kappa shape index (κ3) is 4.38. The fourth-order valence-corrected chi connectivity index (χ4v) is 4.47. The second-order valence-electron chi connectivity index (χ2n) is 8.10. The highest BCUT2D eigenvalue weighted by atomic mass is 15.2. The van der Waals surface area contributed by atoms with Crippen molar-refractivity contribution >= 4 is 11.6 Å². The number of anilines is 2. The van der Waals surface area contributed by atoms with Crippen molar-refractivity contribution in [2.75, 3.05) is 50.1 Å². The molecule has 0 aliphatic carbocycles. The summed E-state index contributed by atoms with van der Waals surface area (Å²) in [5, 5.41) is 0. The van der Waals surface area contributed by atoms with E-state index in [-0.39, 0.29) is 0 Å². The zero-order chi connectivity index (χ0) is 18.6. The minimum Gasteiger partial charge on any atom is -0.363 e. The molecule has 0 aromatic carbocycles. The molecule has 0 amide bonds. The SMILES string of the molecule is CN(C)c1cc(N2CCC(C3CCN(Cc4cccnc4)CC3)C2)ncn1. The quantitative estimate of drug-likeness (QED) is 0.811. The number of piperidine rings is 1. The number of rotatable bonds is 5. The molecule has 1 unspecified atom stereocenters. The molecule has 0 N–H and O–H groups in total. The molecule has 0 radical (unpaired) electrons. The fourth-order valence-electron chi connectivity index (χ4n) is 4.47. The highest BCUT2D eigenvalue weighted by Gasteiger charge is 2.32. The van der Waals surface area contributed by atoms with Crippen LogP contribution in [0, 0.1) is 11.8 Å². The normalized spacial score (nSPS) is 21.6. The molecule has 0 spiro atoms. The zero-order valence-corrected chi connectivity index (χ0v) is 16.5. The fraction of sp³-hybridized carbons (Fsp3) is 0.571. The monoisotopic (exact) mass is 366 g/mol. The Hall–Kier alpha value is -2.21. The van der Waals surface area contributed by atoms with E-state index in [0.29, 0.717) is 0 Å². The van der Waals surface area contributed by atoms with Crippen molar-refractivity contribution in [3.8, 4) is 0 Å². The Bertz CT molecular complexity index is 726. The van der Waals surface area contributed by atoms with E-state index >= 15 is 0 Å². The van der Waals surface area contributed by atoms with Gasteiger partial charge in [0.2, 0.25) is 0 Å². The Morgan fingerprint density at radius 3 is 2.63 bits per heavy atom. The summed E-state index contributed by atoms with van der Waals surface area (Å²) < 4.78 is 0. The molecular formula is C21H30N6. The van der Waals surface area contributed by atoms with Gasteiger partial charge >= 0.3 is 0 Å². The van der Waals surface area contributed by atoms with E-state index in [2.05, 4.69) is 36.9 Å². The maximum atomic E-state index is 4.52. The van der Waals surface area contributed by atoms with E-state index in [9.17, 15) is 0 Å². The van der Waals surface area contributed by atoms with Gasteiger partial charge in [-0.2, -0.15) is 0 Å². The van der Waals surface area contributed by atoms with Gasteiger partial charge in [-0.25, -0.2) is 9.97 Å². The third-order valence-corrected chi connectivity index (χ3v) is 6.07. The molecule has 0 bridgehead atoms. The van der Waals surface area contributed by atoms with Crippen LogP contribution in [0.25, 0.3) is 0 Å². The van der Waals surface area contributed by atoms with Gasteiger partial charge in [-0.1, -0.05) is 6.07 Å². The molecule has 0 saturated carbocycles. The van der Waals surface area contributed by atoms with Gasteiger partial charge in [0.05, 0.1) is 0 Å². The van der Waals surface area contributed by atoms with E-state index in [4.69, 9.17) is 0 Å². The largest absolute Gasteiger partial charge is 0.363 e. The summed E-state index contributed by atoms with van der Waals surface area (Å²) in [5.41, 5.74) is 1.32. The van der Waals surface area contributed by atoms with Crippen LogP contribution in [0.4, 0.5) is 11.6 Å². The molecule has 2 saturated heterocycles. The van der Waals surface area contributed by atoms with Crippen LogP contribution in [0.15, 0.2) is 36.9 Å². The number of hydrogen-bond donors (Lipinski definition) is 0. The number of pyridine rings is 1. The summed E-state index contributed by atoms with van der Waals surface area (Å²) in [5.74, 6) is 3.69. The first-order valence-electron chi connectivity index (χ1n) is 10.0.